The van der Waals surface area contributed by atoms with E-state index < -0.39 is 11.9 Å². The highest BCUT2D eigenvalue weighted by Gasteiger charge is 2.12. The summed E-state index contributed by atoms with van der Waals surface area (Å²) in [4.78, 5) is 22.1. The van der Waals surface area contributed by atoms with Gasteiger partial charge in [0.25, 0.3) is 0 Å². The minimum Gasteiger partial charge on any atom is -0.481 e. The predicted octanol–water partition coefficient (Wildman–Crippen LogP) is 0.596. The van der Waals surface area contributed by atoms with Gasteiger partial charge in [0, 0.05) is 5.56 Å². The number of aliphatic carboxylic acids is 1. The standard InChI is InChI=1S/C12H16N2O3/c1-8(12(16)17)6-9-2-4-10(5-3-9)11(15)7-14-13/h2-5,8,14H,6-7,13H2,1H3,(H,16,17). The molecule has 0 bridgehead atoms. The Bertz CT molecular complexity index is 401. The minimum atomic E-state index is -0.822. The molecule has 4 N–H and O–H groups in total. The Morgan fingerprint density at radius 3 is 2.41 bits per heavy atom. The van der Waals surface area contributed by atoms with E-state index in [1.807, 2.05) is 0 Å². The van der Waals surface area contributed by atoms with Gasteiger partial charge in [-0.25, -0.2) is 0 Å². The first-order valence-corrected chi connectivity index (χ1v) is 5.33. The van der Waals surface area contributed by atoms with E-state index >= 15 is 0 Å². The maximum Gasteiger partial charge on any atom is 0.306 e. The number of carbonyl (C=O) groups is 2. The molecule has 0 amide bonds. The molecular formula is C12H16N2O3. The molecule has 0 aliphatic carbocycles. The second-order valence-corrected chi connectivity index (χ2v) is 3.94. The molecule has 1 aromatic rings. The number of nitrogens with one attached hydrogen (secondary N) is 1. The van der Waals surface area contributed by atoms with Gasteiger partial charge in [0.2, 0.25) is 0 Å². The third-order valence-corrected chi connectivity index (χ3v) is 2.50. The molecule has 0 radical (unpaired) electrons. The molecule has 1 unspecified atom stereocenters. The lowest BCUT2D eigenvalue weighted by Crippen LogP contribution is -2.28. The molecule has 1 atom stereocenters. The number of Topliss-reactive ketones (excluding diaryl/α,β-unsaturated/α-hetero) is 1. The summed E-state index contributed by atoms with van der Waals surface area (Å²) in [5.74, 6) is 3.72. The number of nitrogens with two attached hydrogens (primary N) is 1. The van der Waals surface area contributed by atoms with Crippen molar-refractivity contribution in [2.45, 2.75) is 13.3 Å². The average molecular weight is 236 g/mol. The van der Waals surface area contributed by atoms with Gasteiger partial charge in [-0.3, -0.25) is 20.9 Å². The first-order valence-electron chi connectivity index (χ1n) is 5.33. The number of hydrogen-bond acceptors (Lipinski definition) is 4. The van der Waals surface area contributed by atoms with Gasteiger partial charge in [-0.15, -0.1) is 0 Å². The highest BCUT2D eigenvalue weighted by molar-refractivity contribution is 5.97. The molecule has 0 saturated heterocycles. The van der Waals surface area contributed by atoms with Crippen LogP contribution in [0.1, 0.15) is 22.8 Å². The third kappa shape index (κ3) is 3.97. The summed E-state index contributed by atoms with van der Waals surface area (Å²) < 4.78 is 0. The lowest BCUT2D eigenvalue weighted by atomic mass is 9.99. The number of ketones is 1. The van der Waals surface area contributed by atoms with Gasteiger partial charge in [0.05, 0.1) is 12.5 Å². The molecule has 17 heavy (non-hydrogen) atoms. The zero-order valence-electron chi connectivity index (χ0n) is 9.64. The lowest BCUT2D eigenvalue weighted by molar-refractivity contribution is -0.141. The van der Waals surface area contributed by atoms with E-state index in [4.69, 9.17) is 10.9 Å². The number of carboxylic acid groups (broad SMARTS) is 1. The van der Waals surface area contributed by atoms with Crippen molar-refractivity contribution in [3.8, 4) is 0 Å². The average Bonchev–Trinajstić information content (AvgIpc) is 2.30. The summed E-state index contributed by atoms with van der Waals surface area (Å²) in [5.41, 5.74) is 3.77. The van der Waals surface area contributed by atoms with Crippen molar-refractivity contribution in [3.05, 3.63) is 35.4 Å². The van der Waals surface area contributed by atoms with E-state index in [-0.39, 0.29) is 12.3 Å². The number of hydrazine groups is 1. The molecule has 0 aliphatic rings. The van der Waals surface area contributed by atoms with E-state index in [2.05, 4.69) is 5.43 Å². The van der Waals surface area contributed by atoms with E-state index in [9.17, 15) is 9.59 Å². The summed E-state index contributed by atoms with van der Waals surface area (Å²) in [6, 6.07) is 6.90. The van der Waals surface area contributed by atoms with Crippen LogP contribution in [0.4, 0.5) is 0 Å². The van der Waals surface area contributed by atoms with Crippen LogP contribution in [0.5, 0.6) is 0 Å². The second kappa shape index (κ2) is 6.12. The quantitative estimate of drug-likeness (QED) is 0.382. The Kier molecular flexibility index (Phi) is 4.81. The molecule has 0 aromatic heterocycles. The fourth-order valence-corrected chi connectivity index (χ4v) is 1.46. The monoisotopic (exact) mass is 236 g/mol. The molecule has 92 valence electrons. The highest BCUT2D eigenvalue weighted by atomic mass is 16.4. The SMILES string of the molecule is CC(Cc1ccc(C(=O)CNN)cc1)C(=O)O. The Labute approximate surface area is 99.6 Å². The van der Waals surface area contributed by atoms with Gasteiger partial charge in [-0.2, -0.15) is 0 Å². The van der Waals surface area contributed by atoms with Gasteiger partial charge in [-0.1, -0.05) is 31.2 Å². The Balaban J connectivity index is 2.68. The number of carbonyl (C=O) groups excluding carboxylic acids is 1. The molecule has 0 aliphatic heterocycles. The van der Waals surface area contributed by atoms with Crippen LogP contribution in [0.25, 0.3) is 0 Å². The molecular weight excluding hydrogens is 220 g/mol. The zero-order chi connectivity index (χ0) is 12.8. The second-order valence-electron chi connectivity index (χ2n) is 3.94. The van der Waals surface area contributed by atoms with Crippen LogP contribution in [0, 0.1) is 5.92 Å². The normalized spacial score (nSPS) is 12.1. The first kappa shape index (κ1) is 13.3. The fraction of sp³-hybridized carbons (Fsp3) is 0.333. The van der Waals surface area contributed by atoms with Crippen LogP contribution in [-0.4, -0.2) is 23.4 Å². The van der Waals surface area contributed by atoms with Crippen LogP contribution in [0.3, 0.4) is 0 Å². The van der Waals surface area contributed by atoms with E-state index in [0.29, 0.717) is 12.0 Å². The van der Waals surface area contributed by atoms with Crippen LogP contribution in [0.15, 0.2) is 24.3 Å². The molecule has 5 nitrogen and oxygen atoms in total. The largest absolute Gasteiger partial charge is 0.481 e. The molecule has 0 fully saturated rings. The van der Waals surface area contributed by atoms with Gasteiger partial charge in [0.15, 0.2) is 5.78 Å². The van der Waals surface area contributed by atoms with E-state index in [1.54, 1.807) is 31.2 Å². The summed E-state index contributed by atoms with van der Waals surface area (Å²) in [5, 5.41) is 8.78. The van der Waals surface area contributed by atoms with Crippen molar-refractivity contribution >= 4 is 11.8 Å². The zero-order valence-corrected chi connectivity index (χ0v) is 9.64. The molecule has 0 heterocycles. The third-order valence-electron chi connectivity index (χ3n) is 2.50. The van der Waals surface area contributed by atoms with Crippen molar-refractivity contribution in [2.24, 2.45) is 11.8 Å². The van der Waals surface area contributed by atoms with E-state index in [1.165, 1.54) is 0 Å². The molecule has 5 heteroatoms. The van der Waals surface area contributed by atoms with Crippen molar-refractivity contribution in [3.63, 3.8) is 0 Å². The maximum atomic E-state index is 11.4. The molecule has 0 spiro atoms. The molecule has 1 rings (SSSR count). The van der Waals surface area contributed by atoms with Crippen LogP contribution in [-0.2, 0) is 11.2 Å². The Hall–Kier alpha value is -1.72. The molecule has 0 saturated carbocycles. The number of hydrogen-bond donors (Lipinski definition) is 3. The van der Waals surface area contributed by atoms with Crippen molar-refractivity contribution in [1.29, 1.82) is 0 Å². The topological polar surface area (TPSA) is 92.4 Å². The van der Waals surface area contributed by atoms with Crippen LogP contribution in [0.2, 0.25) is 0 Å². The summed E-state index contributed by atoms with van der Waals surface area (Å²) >= 11 is 0. The highest BCUT2D eigenvalue weighted by Crippen LogP contribution is 2.10. The summed E-state index contributed by atoms with van der Waals surface area (Å²) in [6.45, 7) is 1.74. The number of rotatable bonds is 6. The molecule has 1 aromatic carbocycles. The lowest BCUT2D eigenvalue weighted by Gasteiger charge is -2.07. The summed E-state index contributed by atoms with van der Waals surface area (Å²) in [7, 11) is 0. The van der Waals surface area contributed by atoms with Crippen molar-refractivity contribution in [1.82, 2.24) is 5.43 Å². The summed E-state index contributed by atoms with van der Waals surface area (Å²) in [6.07, 6.45) is 0.457. The van der Waals surface area contributed by atoms with Crippen LogP contribution < -0.4 is 11.3 Å². The first-order chi connectivity index (χ1) is 8.04. The predicted molar refractivity (Wildman–Crippen MR) is 63.5 cm³/mol. The van der Waals surface area contributed by atoms with Crippen molar-refractivity contribution in [2.75, 3.05) is 6.54 Å². The van der Waals surface area contributed by atoms with Gasteiger partial charge in [0.1, 0.15) is 0 Å². The van der Waals surface area contributed by atoms with Gasteiger partial charge in [-0.05, 0) is 12.0 Å². The number of benzene rings is 1. The smallest absolute Gasteiger partial charge is 0.306 e. The van der Waals surface area contributed by atoms with Crippen LogP contribution >= 0.6 is 0 Å². The Morgan fingerprint density at radius 1 is 1.35 bits per heavy atom. The van der Waals surface area contributed by atoms with Crippen molar-refractivity contribution < 1.29 is 14.7 Å². The fourth-order valence-electron chi connectivity index (χ4n) is 1.46. The van der Waals surface area contributed by atoms with Gasteiger partial charge < -0.3 is 5.11 Å². The minimum absolute atomic E-state index is 0.0882. The number of carboxylic acids is 1. The Morgan fingerprint density at radius 2 is 1.94 bits per heavy atom. The van der Waals surface area contributed by atoms with E-state index in [0.717, 1.165) is 5.56 Å². The maximum absolute atomic E-state index is 11.4. The van der Waals surface area contributed by atoms with Gasteiger partial charge >= 0.3 is 5.97 Å².